The molecule has 1 rings (SSSR count). The third kappa shape index (κ3) is 1.59. The van der Waals surface area contributed by atoms with E-state index < -0.39 is 5.97 Å². The Morgan fingerprint density at radius 1 is 1.77 bits per heavy atom. The van der Waals surface area contributed by atoms with Gasteiger partial charge >= 0.3 is 5.97 Å². The number of nitrogens with zero attached hydrogens (tertiary/aromatic N) is 3. The summed E-state index contributed by atoms with van der Waals surface area (Å²) >= 11 is 0. The number of nitrogen functional groups attached to an aromatic ring is 1. The van der Waals surface area contributed by atoms with Crippen molar-refractivity contribution < 1.29 is 9.63 Å². The Hall–Kier alpha value is -2.03. The molecule has 6 nitrogen and oxygen atoms in total. The van der Waals surface area contributed by atoms with Crippen molar-refractivity contribution >= 4 is 11.8 Å². The molecule has 0 aromatic carbocycles. The number of aromatic nitrogens is 2. The first-order valence-corrected chi connectivity index (χ1v) is 3.50. The molecule has 1 aromatic heterocycles. The van der Waals surface area contributed by atoms with Crippen LogP contribution in [0.25, 0.3) is 0 Å². The second-order valence-corrected chi connectivity index (χ2v) is 2.41. The van der Waals surface area contributed by atoms with Crippen LogP contribution < -0.4 is 10.6 Å². The first-order chi connectivity index (χ1) is 6.06. The molecule has 0 atom stereocenters. The summed E-state index contributed by atoms with van der Waals surface area (Å²) in [4.78, 5) is 16.0. The van der Waals surface area contributed by atoms with Gasteiger partial charge < -0.3 is 10.6 Å². The predicted molar refractivity (Wildman–Crippen MR) is 43.4 cm³/mol. The van der Waals surface area contributed by atoms with Crippen molar-refractivity contribution in [3.8, 4) is 6.07 Å². The molecule has 0 spiro atoms. The zero-order chi connectivity index (χ0) is 10.0. The van der Waals surface area contributed by atoms with Crippen LogP contribution in [0.1, 0.15) is 18.2 Å². The maximum atomic E-state index is 10.6. The van der Waals surface area contributed by atoms with Gasteiger partial charge in [-0.05, 0) is 6.92 Å². The molecule has 0 aliphatic carbocycles. The third-order valence-corrected chi connectivity index (χ3v) is 1.39. The smallest absolute Gasteiger partial charge is 0.332 e. The first-order valence-electron chi connectivity index (χ1n) is 3.50. The number of carbonyl (C=O) groups is 1. The Bertz CT molecular complexity index is 388. The summed E-state index contributed by atoms with van der Waals surface area (Å²) in [7, 11) is 0. The number of rotatable bonds is 1. The molecule has 0 radical (unpaired) electrons. The highest BCUT2D eigenvalue weighted by atomic mass is 16.7. The number of carbonyl (C=O) groups excluding carboxylic acids is 1. The lowest BCUT2D eigenvalue weighted by atomic mass is 10.3. The van der Waals surface area contributed by atoms with E-state index in [9.17, 15) is 4.79 Å². The predicted octanol–water partition coefficient (Wildman–Crippen LogP) is -0.380. The molecule has 0 aliphatic rings. The summed E-state index contributed by atoms with van der Waals surface area (Å²) in [5, 5.41) is 12.4. The number of hydrogen-bond acceptors (Lipinski definition) is 5. The first kappa shape index (κ1) is 9.06. The van der Waals surface area contributed by atoms with Crippen LogP contribution >= 0.6 is 0 Å². The van der Waals surface area contributed by atoms with Gasteiger partial charge in [0.25, 0.3) is 0 Å². The Morgan fingerprint density at radius 3 is 2.77 bits per heavy atom. The highest BCUT2D eigenvalue weighted by Crippen LogP contribution is 2.12. The van der Waals surface area contributed by atoms with Crippen molar-refractivity contribution in [2.24, 2.45) is 0 Å². The van der Waals surface area contributed by atoms with Gasteiger partial charge in [-0.3, -0.25) is 0 Å². The summed E-state index contributed by atoms with van der Waals surface area (Å²) in [6, 6.07) is 1.86. The molecule has 68 valence electrons. The number of nitrogens with two attached hydrogens (primary N) is 1. The summed E-state index contributed by atoms with van der Waals surface area (Å²) in [5.74, 6) is -0.506. The minimum atomic E-state index is -0.543. The Balaban J connectivity index is 3.12. The molecule has 0 fully saturated rings. The summed E-state index contributed by atoms with van der Waals surface area (Å²) in [6.07, 6.45) is 0. The van der Waals surface area contributed by atoms with Gasteiger partial charge in [0.2, 0.25) is 0 Å². The molecule has 1 aromatic rings. The summed E-state index contributed by atoms with van der Waals surface area (Å²) < 4.78 is 0. The molecule has 0 aliphatic heterocycles. The number of aryl methyl sites for hydroxylation is 1. The molecule has 1 heterocycles. The number of nitriles is 1. The van der Waals surface area contributed by atoms with E-state index in [2.05, 4.69) is 9.94 Å². The van der Waals surface area contributed by atoms with Crippen LogP contribution in [-0.4, -0.2) is 15.9 Å². The van der Waals surface area contributed by atoms with Crippen LogP contribution in [0.2, 0.25) is 0 Å². The molecule has 0 amide bonds. The molecule has 0 bridgehead atoms. The zero-order valence-corrected chi connectivity index (χ0v) is 7.24. The van der Waals surface area contributed by atoms with Crippen LogP contribution in [-0.2, 0) is 4.79 Å². The fourth-order valence-corrected chi connectivity index (χ4v) is 0.851. The van der Waals surface area contributed by atoms with E-state index >= 15 is 0 Å². The lowest BCUT2D eigenvalue weighted by Gasteiger charge is -1.99. The lowest BCUT2D eigenvalue weighted by molar-refractivity contribution is -0.142. The summed E-state index contributed by atoms with van der Waals surface area (Å²) in [5.41, 5.74) is 6.12. The fraction of sp³-hybridized carbons (Fsp3) is 0.286. The van der Waals surface area contributed by atoms with Crippen LogP contribution in [0, 0.1) is 18.3 Å². The molecule has 0 saturated carbocycles. The van der Waals surface area contributed by atoms with E-state index in [-0.39, 0.29) is 11.4 Å². The number of hydrogen-bond donors (Lipinski definition) is 1. The van der Waals surface area contributed by atoms with Gasteiger partial charge in [0, 0.05) is 6.92 Å². The molecule has 0 unspecified atom stereocenters. The lowest BCUT2D eigenvalue weighted by Crippen LogP contribution is -2.19. The molecule has 6 heteroatoms. The van der Waals surface area contributed by atoms with Gasteiger partial charge in [-0.2, -0.15) is 5.26 Å². The Morgan fingerprint density at radius 2 is 2.38 bits per heavy atom. The quantitative estimate of drug-likeness (QED) is 0.635. The van der Waals surface area contributed by atoms with E-state index in [0.29, 0.717) is 5.69 Å². The minimum Gasteiger partial charge on any atom is -0.380 e. The monoisotopic (exact) mass is 180 g/mol. The van der Waals surface area contributed by atoms with Crippen molar-refractivity contribution in [1.82, 2.24) is 9.94 Å². The second-order valence-electron chi connectivity index (χ2n) is 2.41. The average Bonchev–Trinajstić information content (AvgIpc) is 2.26. The van der Waals surface area contributed by atoms with Crippen LogP contribution in [0.5, 0.6) is 0 Å². The Labute approximate surface area is 74.5 Å². The number of anilines is 1. The van der Waals surface area contributed by atoms with Gasteiger partial charge in [-0.25, -0.2) is 4.79 Å². The van der Waals surface area contributed by atoms with Gasteiger partial charge in [0.05, 0.1) is 5.69 Å². The maximum absolute atomic E-state index is 10.6. The van der Waals surface area contributed by atoms with Gasteiger partial charge in [-0.1, -0.05) is 4.85 Å². The zero-order valence-electron chi connectivity index (χ0n) is 7.24. The van der Waals surface area contributed by atoms with Gasteiger partial charge in [-0.15, -0.1) is 5.10 Å². The van der Waals surface area contributed by atoms with E-state index in [1.54, 1.807) is 6.92 Å². The molecule has 13 heavy (non-hydrogen) atoms. The second kappa shape index (κ2) is 3.15. The minimum absolute atomic E-state index is 0.0372. The molecular formula is C7H8N4O2. The van der Waals surface area contributed by atoms with Crippen molar-refractivity contribution in [3.05, 3.63) is 11.3 Å². The standard InChI is InChI=1S/C7H8N4O2/c1-4-6(3-8)7(9)11(10-4)13-5(2)12/h9H2,1-2H3. The van der Waals surface area contributed by atoms with E-state index in [4.69, 9.17) is 11.0 Å². The Kier molecular flexibility index (Phi) is 2.19. The van der Waals surface area contributed by atoms with Crippen molar-refractivity contribution in [2.75, 3.05) is 5.73 Å². The summed E-state index contributed by atoms with van der Waals surface area (Å²) in [6.45, 7) is 2.83. The van der Waals surface area contributed by atoms with Crippen molar-refractivity contribution in [1.29, 1.82) is 5.26 Å². The van der Waals surface area contributed by atoms with Crippen LogP contribution in [0.3, 0.4) is 0 Å². The topological polar surface area (TPSA) is 93.9 Å². The van der Waals surface area contributed by atoms with E-state index in [1.807, 2.05) is 6.07 Å². The van der Waals surface area contributed by atoms with Crippen molar-refractivity contribution in [2.45, 2.75) is 13.8 Å². The highest BCUT2D eigenvalue weighted by Gasteiger charge is 2.13. The van der Waals surface area contributed by atoms with Gasteiger partial charge in [0.1, 0.15) is 11.6 Å². The van der Waals surface area contributed by atoms with Crippen LogP contribution in [0.15, 0.2) is 0 Å². The highest BCUT2D eigenvalue weighted by molar-refractivity contribution is 5.66. The third-order valence-electron chi connectivity index (χ3n) is 1.39. The van der Waals surface area contributed by atoms with Crippen LogP contribution in [0.4, 0.5) is 5.82 Å². The molecule has 2 N–H and O–H groups in total. The maximum Gasteiger partial charge on any atom is 0.332 e. The fourth-order valence-electron chi connectivity index (χ4n) is 0.851. The molecule has 0 saturated heterocycles. The van der Waals surface area contributed by atoms with E-state index in [1.165, 1.54) is 6.92 Å². The van der Waals surface area contributed by atoms with Crippen molar-refractivity contribution in [3.63, 3.8) is 0 Å². The molecular weight excluding hydrogens is 172 g/mol. The SMILES string of the molecule is CC(=O)On1nc(C)c(C#N)c1N. The van der Waals surface area contributed by atoms with Gasteiger partial charge in [0.15, 0.2) is 5.82 Å². The average molecular weight is 180 g/mol. The van der Waals surface area contributed by atoms with E-state index in [0.717, 1.165) is 4.85 Å². The largest absolute Gasteiger partial charge is 0.380 e. The normalized spacial score (nSPS) is 9.31.